The molecule has 1 aliphatic heterocycles. The van der Waals surface area contributed by atoms with Crippen molar-refractivity contribution in [3.63, 3.8) is 0 Å². The highest BCUT2D eigenvalue weighted by atomic mass is 35.5. The van der Waals surface area contributed by atoms with Gasteiger partial charge in [-0.15, -0.1) is 0 Å². The van der Waals surface area contributed by atoms with Crippen LogP contribution in [0.2, 0.25) is 5.02 Å². The molecule has 0 bridgehead atoms. The molecular weight excluding hydrogens is 476 g/mol. The van der Waals surface area contributed by atoms with Crippen LogP contribution in [-0.4, -0.2) is 41.7 Å². The van der Waals surface area contributed by atoms with Gasteiger partial charge >= 0.3 is 0 Å². The van der Waals surface area contributed by atoms with Gasteiger partial charge in [-0.2, -0.15) is 0 Å². The number of hydrogen-bond donors (Lipinski definition) is 1. The highest BCUT2D eigenvalue weighted by molar-refractivity contribution is 8.18. The van der Waals surface area contributed by atoms with Crippen LogP contribution >= 0.6 is 23.4 Å². The van der Waals surface area contributed by atoms with Crippen molar-refractivity contribution in [1.29, 1.82) is 0 Å². The molecular formula is C25H27ClN2O5S. The highest BCUT2D eigenvalue weighted by Gasteiger charge is 2.36. The van der Waals surface area contributed by atoms with Gasteiger partial charge in [0.15, 0.2) is 11.5 Å². The molecule has 0 saturated carbocycles. The third-order valence-electron chi connectivity index (χ3n) is 4.95. The molecule has 9 heteroatoms. The van der Waals surface area contributed by atoms with Crippen molar-refractivity contribution in [1.82, 2.24) is 4.90 Å². The first-order chi connectivity index (χ1) is 16.2. The standard InChI is InChI=1S/C25H27ClN2O5S/c1-5-32-20-12-16(11-19(26)23(20)33-6-2)13-21-24(30)28(25(31)34-21)14-22(29)27-18-9-7-17(8-10-18)15(3)4/h7-13,15H,5-6,14H2,1-4H3,(H,27,29)/b21-13+. The highest BCUT2D eigenvalue weighted by Crippen LogP contribution is 2.39. The molecule has 0 aromatic heterocycles. The van der Waals surface area contributed by atoms with Crippen molar-refractivity contribution in [2.45, 2.75) is 33.6 Å². The van der Waals surface area contributed by atoms with E-state index >= 15 is 0 Å². The lowest BCUT2D eigenvalue weighted by Gasteiger charge is -2.14. The Morgan fingerprint density at radius 2 is 1.79 bits per heavy atom. The second-order valence-corrected chi connectivity index (χ2v) is 9.19. The molecule has 180 valence electrons. The van der Waals surface area contributed by atoms with Gasteiger partial charge in [0, 0.05) is 5.69 Å². The number of benzene rings is 2. The normalized spacial score (nSPS) is 14.8. The Morgan fingerprint density at radius 3 is 2.41 bits per heavy atom. The lowest BCUT2D eigenvalue weighted by molar-refractivity contribution is -0.127. The third kappa shape index (κ3) is 6.12. The van der Waals surface area contributed by atoms with Gasteiger partial charge in [0.2, 0.25) is 5.91 Å². The minimum atomic E-state index is -0.539. The molecule has 0 aliphatic carbocycles. The number of thioether (sulfide) groups is 1. The Hall–Kier alpha value is -2.97. The van der Waals surface area contributed by atoms with Crippen LogP contribution in [0.5, 0.6) is 11.5 Å². The molecule has 0 spiro atoms. The summed E-state index contributed by atoms with van der Waals surface area (Å²) in [5.74, 6) is 0.258. The van der Waals surface area contributed by atoms with Gasteiger partial charge in [0.25, 0.3) is 11.1 Å². The van der Waals surface area contributed by atoms with Gasteiger partial charge < -0.3 is 14.8 Å². The summed E-state index contributed by atoms with van der Waals surface area (Å²) in [5, 5.41) is 2.55. The van der Waals surface area contributed by atoms with Crippen molar-refractivity contribution in [3.05, 3.63) is 57.5 Å². The van der Waals surface area contributed by atoms with Gasteiger partial charge in [0.1, 0.15) is 6.54 Å². The molecule has 7 nitrogen and oxygen atoms in total. The van der Waals surface area contributed by atoms with Gasteiger partial charge in [-0.1, -0.05) is 37.6 Å². The molecule has 34 heavy (non-hydrogen) atoms. The summed E-state index contributed by atoms with van der Waals surface area (Å²) in [7, 11) is 0. The molecule has 3 rings (SSSR count). The van der Waals surface area contributed by atoms with Crippen molar-refractivity contribution >= 4 is 52.2 Å². The van der Waals surface area contributed by atoms with Crippen molar-refractivity contribution < 1.29 is 23.9 Å². The van der Waals surface area contributed by atoms with E-state index in [-0.39, 0.29) is 11.4 Å². The first-order valence-electron chi connectivity index (χ1n) is 11.0. The monoisotopic (exact) mass is 502 g/mol. The van der Waals surface area contributed by atoms with Crippen molar-refractivity contribution in [2.24, 2.45) is 0 Å². The lowest BCUT2D eigenvalue weighted by atomic mass is 10.0. The van der Waals surface area contributed by atoms with Crippen LogP contribution in [0.15, 0.2) is 41.3 Å². The predicted octanol–water partition coefficient (Wildman–Crippen LogP) is 5.94. The van der Waals surface area contributed by atoms with E-state index in [1.807, 2.05) is 26.0 Å². The van der Waals surface area contributed by atoms with E-state index in [2.05, 4.69) is 19.2 Å². The number of nitrogens with zero attached hydrogens (tertiary/aromatic N) is 1. The quantitative estimate of drug-likeness (QED) is 0.427. The van der Waals surface area contributed by atoms with Crippen LogP contribution in [0.1, 0.15) is 44.7 Å². The predicted molar refractivity (Wildman–Crippen MR) is 136 cm³/mol. The summed E-state index contributed by atoms with van der Waals surface area (Å²) in [6.07, 6.45) is 1.55. The number of imide groups is 1. The molecule has 1 fully saturated rings. The fraction of sp³-hybridized carbons (Fsp3) is 0.320. The number of halogens is 1. The van der Waals surface area contributed by atoms with Gasteiger partial charge in [-0.3, -0.25) is 19.3 Å². The van der Waals surface area contributed by atoms with Crippen molar-refractivity contribution in [3.8, 4) is 11.5 Å². The van der Waals surface area contributed by atoms with Gasteiger partial charge in [0.05, 0.1) is 23.1 Å². The second-order valence-electron chi connectivity index (χ2n) is 7.79. The van der Waals surface area contributed by atoms with Crippen LogP contribution in [0.3, 0.4) is 0 Å². The number of amides is 3. The number of nitrogens with one attached hydrogen (secondary N) is 1. The maximum atomic E-state index is 12.8. The van der Waals surface area contributed by atoms with Crippen molar-refractivity contribution in [2.75, 3.05) is 25.1 Å². The lowest BCUT2D eigenvalue weighted by Crippen LogP contribution is -2.36. The van der Waals surface area contributed by atoms with Crippen LogP contribution in [0.25, 0.3) is 6.08 Å². The molecule has 2 aromatic carbocycles. The minimum absolute atomic E-state index is 0.196. The Bertz CT molecular complexity index is 1120. The number of ether oxygens (including phenoxy) is 2. The Morgan fingerprint density at radius 1 is 1.12 bits per heavy atom. The maximum Gasteiger partial charge on any atom is 0.294 e. The third-order valence-corrected chi connectivity index (χ3v) is 6.14. The first-order valence-corrected chi connectivity index (χ1v) is 12.2. The van der Waals surface area contributed by atoms with E-state index in [4.69, 9.17) is 21.1 Å². The van der Waals surface area contributed by atoms with E-state index in [1.54, 1.807) is 30.3 Å². The van der Waals surface area contributed by atoms with E-state index < -0.39 is 17.1 Å². The summed E-state index contributed by atoms with van der Waals surface area (Å²) in [6.45, 7) is 8.30. The molecule has 0 radical (unpaired) electrons. The van der Waals surface area contributed by atoms with Crippen LogP contribution in [-0.2, 0) is 9.59 Å². The fourth-order valence-electron chi connectivity index (χ4n) is 3.30. The number of rotatable bonds is 9. The molecule has 1 N–H and O–H groups in total. The minimum Gasteiger partial charge on any atom is -0.490 e. The van der Waals surface area contributed by atoms with E-state index in [0.717, 1.165) is 22.2 Å². The smallest absolute Gasteiger partial charge is 0.294 e. The number of carbonyl (C=O) groups is 3. The Balaban J connectivity index is 1.73. The molecule has 0 unspecified atom stereocenters. The van der Waals surface area contributed by atoms with Gasteiger partial charge in [-0.25, -0.2) is 0 Å². The first kappa shape index (κ1) is 25.6. The SMILES string of the molecule is CCOc1cc(/C=C2/SC(=O)N(CC(=O)Nc3ccc(C(C)C)cc3)C2=O)cc(Cl)c1OCC. The van der Waals surface area contributed by atoms with E-state index in [1.165, 1.54) is 0 Å². The number of hydrogen-bond acceptors (Lipinski definition) is 6. The molecule has 1 heterocycles. The average molecular weight is 503 g/mol. The molecule has 1 aliphatic rings. The van der Waals surface area contributed by atoms with Crippen LogP contribution < -0.4 is 14.8 Å². The number of carbonyl (C=O) groups excluding carboxylic acids is 3. The van der Waals surface area contributed by atoms with E-state index in [0.29, 0.717) is 46.9 Å². The molecule has 1 saturated heterocycles. The second kappa shape index (κ2) is 11.4. The summed E-state index contributed by atoms with van der Waals surface area (Å²) >= 11 is 7.12. The fourth-order valence-corrected chi connectivity index (χ4v) is 4.41. The zero-order valence-corrected chi connectivity index (χ0v) is 21.1. The van der Waals surface area contributed by atoms with E-state index in [9.17, 15) is 14.4 Å². The van der Waals surface area contributed by atoms with Crippen LogP contribution in [0.4, 0.5) is 10.5 Å². The largest absolute Gasteiger partial charge is 0.490 e. The summed E-state index contributed by atoms with van der Waals surface area (Å²) in [5.41, 5.74) is 2.33. The summed E-state index contributed by atoms with van der Waals surface area (Å²) in [4.78, 5) is 38.9. The van der Waals surface area contributed by atoms with Gasteiger partial charge in [-0.05, 0) is 73.0 Å². The molecule has 0 atom stereocenters. The maximum absolute atomic E-state index is 12.8. The summed E-state index contributed by atoms with van der Waals surface area (Å²) < 4.78 is 11.2. The Kier molecular flexibility index (Phi) is 8.63. The number of anilines is 1. The summed E-state index contributed by atoms with van der Waals surface area (Å²) in [6, 6.07) is 10.8. The molecule has 2 aromatic rings. The van der Waals surface area contributed by atoms with Crippen LogP contribution in [0, 0.1) is 0 Å². The Labute approximate surface area is 208 Å². The topological polar surface area (TPSA) is 84.9 Å². The average Bonchev–Trinajstić information content (AvgIpc) is 3.04. The zero-order valence-electron chi connectivity index (χ0n) is 19.5. The molecule has 3 amide bonds. The zero-order chi connectivity index (χ0) is 24.8.